The van der Waals surface area contributed by atoms with Crippen LogP contribution in [0.3, 0.4) is 0 Å². The molecule has 1 aromatic heterocycles. The third-order valence-electron chi connectivity index (χ3n) is 3.43. The van der Waals surface area contributed by atoms with Crippen LogP contribution in [0.25, 0.3) is 0 Å². The Morgan fingerprint density at radius 3 is 2.77 bits per heavy atom. The Balaban J connectivity index is 2.22. The fourth-order valence-corrected chi connectivity index (χ4v) is 2.77. The van der Waals surface area contributed by atoms with Crippen LogP contribution < -0.4 is 5.32 Å². The summed E-state index contributed by atoms with van der Waals surface area (Å²) in [5.74, 6) is -0.230. The average Bonchev–Trinajstić information content (AvgIpc) is 2.75. The minimum Gasteiger partial charge on any atom is -0.322 e. The van der Waals surface area contributed by atoms with Crippen molar-refractivity contribution in [3.8, 4) is 0 Å². The van der Waals surface area contributed by atoms with E-state index >= 15 is 0 Å². The van der Waals surface area contributed by atoms with Crippen LogP contribution in [-0.4, -0.2) is 15.7 Å². The van der Waals surface area contributed by atoms with Gasteiger partial charge in [-0.15, -0.1) is 0 Å². The molecule has 2 rings (SSSR count). The first-order valence-electron chi connectivity index (χ1n) is 7.24. The number of aryl methyl sites for hydroxylation is 3. The number of aromatic nitrogens is 2. The summed E-state index contributed by atoms with van der Waals surface area (Å²) in [6.45, 7) is 6.60. The van der Waals surface area contributed by atoms with E-state index in [0.29, 0.717) is 16.4 Å². The summed E-state index contributed by atoms with van der Waals surface area (Å²) < 4.78 is 2.70. The number of anilines is 1. The van der Waals surface area contributed by atoms with Crippen LogP contribution in [0.15, 0.2) is 22.7 Å². The van der Waals surface area contributed by atoms with Crippen molar-refractivity contribution >= 4 is 39.1 Å². The topological polar surface area (TPSA) is 46.9 Å². The minimum absolute atomic E-state index is 0.230. The summed E-state index contributed by atoms with van der Waals surface area (Å²) in [6, 6.07) is 5.66. The predicted octanol–water partition coefficient (Wildman–Crippen LogP) is 4.97. The van der Waals surface area contributed by atoms with Crippen molar-refractivity contribution in [2.75, 3.05) is 5.32 Å². The van der Waals surface area contributed by atoms with Gasteiger partial charge in [0.25, 0.3) is 5.91 Å². The highest BCUT2D eigenvalue weighted by Gasteiger charge is 2.20. The largest absolute Gasteiger partial charge is 0.322 e. The van der Waals surface area contributed by atoms with Crippen LogP contribution in [0.2, 0.25) is 5.15 Å². The number of rotatable bonds is 5. The molecule has 6 heteroatoms. The van der Waals surface area contributed by atoms with Crippen LogP contribution in [0, 0.1) is 13.8 Å². The van der Waals surface area contributed by atoms with Crippen molar-refractivity contribution in [1.82, 2.24) is 9.78 Å². The second kappa shape index (κ2) is 7.29. The highest BCUT2D eigenvalue weighted by molar-refractivity contribution is 9.10. The third kappa shape index (κ3) is 3.70. The molecule has 118 valence electrons. The van der Waals surface area contributed by atoms with E-state index in [1.54, 1.807) is 11.6 Å². The molecule has 22 heavy (non-hydrogen) atoms. The molecule has 1 aromatic carbocycles. The van der Waals surface area contributed by atoms with Crippen molar-refractivity contribution in [2.24, 2.45) is 0 Å². The highest BCUT2D eigenvalue weighted by atomic mass is 79.9. The summed E-state index contributed by atoms with van der Waals surface area (Å²) in [6.07, 6.45) is 2.03. The van der Waals surface area contributed by atoms with E-state index < -0.39 is 0 Å². The number of carbonyl (C=O) groups is 1. The Bertz CT molecular complexity index is 697. The number of hydrogen-bond acceptors (Lipinski definition) is 2. The quantitative estimate of drug-likeness (QED) is 0.791. The number of amides is 1. The second-order valence-electron chi connectivity index (χ2n) is 5.25. The monoisotopic (exact) mass is 383 g/mol. The van der Waals surface area contributed by atoms with Gasteiger partial charge in [0.2, 0.25) is 0 Å². The number of carbonyl (C=O) groups excluding carboxylic acids is 1. The van der Waals surface area contributed by atoms with Gasteiger partial charge in [0.15, 0.2) is 0 Å². The number of nitrogens with zero attached hydrogens (tertiary/aromatic N) is 2. The summed E-state index contributed by atoms with van der Waals surface area (Å²) in [5, 5.41) is 7.64. The molecule has 0 atom stereocenters. The fraction of sp³-hybridized carbons (Fsp3) is 0.375. The lowest BCUT2D eigenvalue weighted by molar-refractivity contribution is 0.102. The maximum absolute atomic E-state index is 12.5. The Kier molecular flexibility index (Phi) is 5.64. The molecule has 0 bridgehead atoms. The zero-order chi connectivity index (χ0) is 16.3. The second-order valence-corrected chi connectivity index (χ2v) is 6.46. The zero-order valence-electron chi connectivity index (χ0n) is 12.9. The van der Waals surface area contributed by atoms with Gasteiger partial charge in [0.05, 0.1) is 11.3 Å². The molecule has 4 nitrogen and oxygen atoms in total. The molecule has 0 spiro atoms. The lowest BCUT2D eigenvalue weighted by atomic mass is 10.2. The molecule has 1 N–H and O–H groups in total. The lowest BCUT2D eigenvalue weighted by Crippen LogP contribution is -2.13. The number of halogens is 2. The van der Waals surface area contributed by atoms with E-state index in [1.165, 1.54) is 0 Å². The van der Waals surface area contributed by atoms with Gasteiger partial charge < -0.3 is 5.32 Å². The number of benzene rings is 1. The highest BCUT2D eigenvalue weighted by Crippen LogP contribution is 2.24. The molecule has 1 heterocycles. The van der Waals surface area contributed by atoms with Gasteiger partial charge in [-0.3, -0.25) is 9.48 Å². The summed E-state index contributed by atoms with van der Waals surface area (Å²) in [7, 11) is 0. The lowest BCUT2D eigenvalue weighted by Gasteiger charge is -2.07. The predicted molar refractivity (Wildman–Crippen MR) is 93.7 cm³/mol. The van der Waals surface area contributed by atoms with Crippen LogP contribution in [-0.2, 0) is 6.54 Å². The smallest absolute Gasteiger partial charge is 0.260 e. The molecule has 0 aliphatic rings. The first-order valence-corrected chi connectivity index (χ1v) is 8.41. The standard InChI is InChI=1S/C16H19BrClN3O/c1-4-5-8-21-15(18)14(11(3)20-21)16(22)19-12-6-7-13(17)10(2)9-12/h6-7,9H,4-5,8H2,1-3H3,(H,19,22). The van der Waals surface area contributed by atoms with Gasteiger partial charge in [-0.25, -0.2) is 0 Å². The van der Waals surface area contributed by atoms with Gasteiger partial charge in [-0.1, -0.05) is 40.9 Å². The molecule has 2 aromatic rings. The van der Waals surface area contributed by atoms with Crippen molar-refractivity contribution in [2.45, 2.75) is 40.2 Å². The number of unbranched alkanes of at least 4 members (excludes halogenated alkanes) is 1. The van der Waals surface area contributed by atoms with Crippen molar-refractivity contribution in [3.05, 3.63) is 44.6 Å². The summed E-state index contributed by atoms with van der Waals surface area (Å²) in [4.78, 5) is 12.5. The Labute approximate surface area is 144 Å². The average molecular weight is 385 g/mol. The van der Waals surface area contributed by atoms with Gasteiger partial charge in [-0.2, -0.15) is 5.10 Å². The molecule has 0 aliphatic carbocycles. The van der Waals surface area contributed by atoms with Crippen LogP contribution >= 0.6 is 27.5 Å². The number of hydrogen-bond donors (Lipinski definition) is 1. The maximum Gasteiger partial charge on any atom is 0.260 e. The first kappa shape index (κ1) is 17.0. The minimum atomic E-state index is -0.230. The summed E-state index contributed by atoms with van der Waals surface area (Å²) in [5.41, 5.74) is 2.88. The van der Waals surface area contributed by atoms with E-state index in [4.69, 9.17) is 11.6 Å². The van der Waals surface area contributed by atoms with Gasteiger partial charge in [-0.05, 0) is 44.0 Å². The fourth-order valence-electron chi connectivity index (χ4n) is 2.18. The van der Waals surface area contributed by atoms with E-state index in [1.807, 2.05) is 25.1 Å². The Morgan fingerprint density at radius 2 is 2.14 bits per heavy atom. The Morgan fingerprint density at radius 1 is 1.41 bits per heavy atom. The normalized spacial score (nSPS) is 10.8. The van der Waals surface area contributed by atoms with Crippen LogP contribution in [0.4, 0.5) is 5.69 Å². The zero-order valence-corrected chi connectivity index (χ0v) is 15.3. The molecule has 0 unspecified atom stereocenters. The third-order valence-corrected chi connectivity index (χ3v) is 4.71. The molecule has 0 radical (unpaired) electrons. The Hall–Kier alpha value is -1.33. The van der Waals surface area contributed by atoms with Gasteiger partial charge >= 0.3 is 0 Å². The molecular formula is C16H19BrClN3O. The van der Waals surface area contributed by atoms with E-state index in [2.05, 4.69) is 33.3 Å². The van der Waals surface area contributed by atoms with E-state index in [-0.39, 0.29) is 5.91 Å². The molecule has 0 saturated heterocycles. The first-order chi connectivity index (χ1) is 10.4. The van der Waals surface area contributed by atoms with Crippen LogP contribution in [0.1, 0.15) is 41.4 Å². The van der Waals surface area contributed by atoms with E-state index in [0.717, 1.165) is 35.1 Å². The van der Waals surface area contributed by atoms with Crippen molar-refractivity contribution in [1.29, 1.82) is 0 Å². The van der Waals surface area contributed by atoms with Crippen molar-refractivity contribution < 1.29 is 4.79 Å². The summed E-state index contributed by atoms with van der Waals surface area (Å²) >= 11 is 9.76. The van der Waals surface area contributed by atoms with E-state index in [9.17, 15) is 4.79 Å². The molecule has 0 fully saturated rings. The maximum atomic E-state index is 12.5. The molecule has 0 saturated carbocycles. The van der Waals surface area contributed by atoms with Crippen LogP contribution in [0.5, 0.6) is 0 Å². The van der Waals surface area contributed by atoms with Crippen molar-refractivity contribution in [3.63, 3.8) is 0 Å². The molecule has 0 aliphatic heterocycles. The SMILES string of the molecule is CCCCn1nc(C)c(C(=O)Nc2ccc(Br)c(C)c2)c1Cl. The number of nitrogens with one attached hydrogen (secondary N) is 1. The molecule has 1 amide bonds. The van der Waals surface area contributed by atoms with Gasteiger partial charge in [0, 0.05) is 16.7 Å². The van der Waals surface area contributed by atoms with Gasteiger partial charge in [0.1, 0.15) is 5.15 Å². The molecular weight excluding hydrogens is 366 g/mol.